The molecule has 0 atom stereocenters. The van der Waals surface area contributed by atoms with Gasteiger partial charge in [-0.15, -0.1) is 0 Å². The van der Waals surface area contributed by atoms with E-state index in [0.29, 0.717) is 5.47 Å². The third kappa shape index (κ3) is 1.43. The molecule has 2 nitrogen and oxygen atoms in total. The SMILES string of the molecule is CC1=CC(B(O)O)=CC1. The van der Waals surface area contributed by atoms with Crippen molar-refractivity contribution in [1.29, 1.82) is 0 Å². The molecule has 0 radical (unpaired) electrons. The molecule has 0 bridgehead atoms. The predicted octanol–water partition coefficient (Wildman–Crippen LogP) is 0.275. The van der Waals surface area contributed by atoms with Gasteiger partial charge in [-0.3, -0.25) is 0 Å². The number of allylic oxidation sites excluding steroid dienone is 4. The van der Waals surface area contributed by atoms with Gasteiger partial charge in [-0.1, -0.05) is 17.7 Å². The van der Waals surface area contributed by atoms with E-state index >= 15 is 0 Å². The van der Waals surface area contributed by atoms with E-state index in [4.69, 9.17) is 10.0 Å². The van der Waals surface area contributed by atoms with Crippen LogP contribution in [0.25, 0.3) is 0 Å². The molecule has 0 aromatic heterocycles. The van der Waals surface area contributed by atoms with Crippen molar-refractivity contribution in [2.75, 3.05) is 0 Å². The van der Waals surface area contributed by atoms with Crippen molar-refractivity contribution >= 4 is 7.12 Å². The summed E-state index contributed by atoms with van der Waals surface area (Å²) in [6.07, 6.45) is 4.47. The summed E-state index contributed by atoms with van der Waals surface area (Å²) >= 11 is 0. The molecule has 3 heteroatoms. The van der Waals surface area contributed by atoms with Gasteiger partial charge in [-0.05, 0) is 18.8 Å². The summed E-state index contributed by atoms with van der Waals surface area (Å²) in [5, 5.41) is 17.2. The Morgan fingerprint density at radius 1 is 1.56 bits per heavy atom. The van der Waals surface area contributed by atoms with Gasteiger partial charge in [0.2, 0.25) is 0 Å². The van der Waals surface area contributed by atoms with Crippen LogP contribution in [0.15, 0.2) is 23.2 Å². The molecule has 48 valence electrons. The van der Waals surface area contributed by atoms with E-state index in [1.807, 2.05) is 13.0 Å². The number of hydrogen-bond donors (Lipinski definition) is 2. The molecule has 0 aromatic carbocycles. The summed E-state index contributed by atoms with van der Waals surface area (Å²) in [7, 11) is -1.29. The first-order chi connectivity index (χ1) is 4.20. The fourth-order valence-corrected chi connectivity index (χ4v) is 0.861. The van der Waals surface area contributed by atoms with E-state index < -0.39 is 7.12 Å². The highest BCUT2D eigenvalue weighted by Crippen LogP contribution is 2.16. The van der Waals surface area contributed by atoms with Crippen LogP contribution in [0.1, 0.15) is 13.3 Å². The normalized spacial score (nSPS) is 17.2. The molecule has 0 heterocycles. The molecular weight excluding hydrogens is 115 g/mol. The Hall–Kier alpha value is -0.535. The second-order valence-corrected chi connectivity index (χ2v) is 2.27. The van der Waals surface area contributed by atoms with Crippen LogP contribution < -0.4 is 0 Å². The summed E-state index contributed by atoms with van der Waals surface area (Å²) in [6.45, 7) is 1.96. The minimum Gasteiger partial charge on any atom is -0.423 e. The van der Waals surface area contributed by atoms with Crippen LogP contribution in [0, 0.1) is 0 Å². The fraction of sp³-hybridized carbons (Fsp3) is 0.333. The predicted molar refractivity (Wildman–Crippen MR) is 36.6 cm³/mol. The number of hydrogen-bond acceptors (Lipinski definition) is 2. The first-order valence-electron chi connectivity index (χ1n) is 2.93. The van der Waals surface area contributed by atoms with Gasteiger partial charge in [-0.2, -0.15) is 0 Å². The molecule has 0 saturated carbocycles. The molecule has 1 aliphatic rings. The van der Waals surface area contributed by atoms with E-state index in [1.54, 1.807) is 6.08 Å². The van der Waals surface area contributed by atoms with Crippen molar-refractivity contribution in [1.82, 2.24) is 0 Å². The van der Waals surface area contributed by atoms with Crippen molar-refractivity contribution in [3.05, 3.63) is 23.2 Å². The van der Waals surface area contributed by atoms with E-state index in [1.165, 1.54) is 5.57 Å². The number of rotatable bonds is 1. The quantitative estimate of drug-likeness (QED) is 0.492. The third-order valence-corrected chi connectivity index (χ3v) is 1.37. The van der Waals surface area contributed by atoms with Gasteiger partial charge in [0.15, 0.2) is 0 Å². The molecule has 0 spiro atoms. The van der Waals surface area contributed by atoms with Gasteiger partial charge < -0.3 is 10.0 Å². The summed E-state index contributed by atoms with van der Waals surface area (Å²) in [4.78, 5) is 0. The lowest BCUT2D eigenvalue weighted by molar-refractivity contribution is 0.421. The van der Waals surface area contributed by atoms with E-state index in [-0.39, 0.29) is 0 Å². The maximum absolute atomic E-state index is 8.61. The van der Waals surface area contributed by atoms with Gasteiger partial charge in [0.25, 0.3) is 0 Å². The largest absolute Gasteiger partial charge is 0.488 e. The van der Waals surface area contributed by atoms with Crippen LogP contribution in [0.4, 0.5) is 0 Å². The fourth-order valence-electron chi connectivity index (χ4n) is 0.861. The van der Waals surface area contributed by atoms with E-state index in [2.05, 4.69) is 0 Å². The van der Waals surface area contributed by atoms with Gasteiger partial charge >= 0.3 is 7.12 Å². The second-order valence-electron chi connectivity index (χ2n) is 2.27. The highest BCUT2D eigenvalue weighted by Gasteiger charge is 2.14. The summed E-state index contributed by atoms with van der Waals surface area (Å²) in [6, 6.07) is 0. The van der Waals surface area contributed by atoms with E-state index in [0.717, 1.165) is 6.42 Å². The molecule has 0 saturated heterocycles. The molecule has 0 aliphatic heterocycles. The minimum atomic E-state index is -1.29. The van der Waals surface area contributed by atoms with Gasteiger partial charge in [0.05, 0.1) is 0 Å². The Balaban J connectivity index is 2.64. The zero-order valence-electron chi connectivity index (χ0n) is 5.33. The molecule has 0 amide bonds. The highest BCUT2D eigenvalue weighted by molar-refractivity contribution is 6.52. The first-order valence-corrected chi connectivity index (χ1v) is 2.93. The lowest BCUT2D eigenvalue weighted by atomic mass is 9.80. The molecule has 0 aromatic rings. The molecular formula is C6H9BO2. The first kappa shape index (κ1) is 6.58. The summed E-state index contributed by atoms with van der Waals surface area (Å²) < 4.78 is 0. The Bertz CT molecular complexity index is 170. The van der Waals surface area contributed by atoms with Crippen LogP contribution in [0.3, 0.4) is 0 Å². The smallest absolute Gasteiger partial charge is 0.423 e. The van der Waals surface area contributed by atoms with Crippen molar-refractivity contribution in [2.45, 2.75) is 13.3 Å². The molecule has 1 aliphatic carbocycles. The molecule has 2 N–H and O–H groups in total. The van der Waals surface area contributed by atoms with Crippen LogP contribution >= 0.6 is 0 Å². The maximum atomic E-state index is 8.61. The minimum absolute atomic E-state index is 0.618. The summed E-state index contributed by atoms with van der Waals surface area (Å²) in [5.41, 5.74) is 1.80. The zero-order chi connectivity index (χ0) is 6.85. The third-order valence-electron chi connectivity index (χ3n) is 1.37. The molecule has 1 rings (SSSR count). The second kappa shape index (κ2) is 2.37. The van der Waals surface area contributed by atoms with Crippen LogP contribution in [-0.4, -0.2) is 17.2 Å². The van der Waals surface area contributed by atoms with Crippen LogP contribution in [0.5, 0.6) is 0 Å². The van der Waals surface area contributed by atoms with Gasteiger partial charge in [0, 0.05) is 0 Å². The average Bonchev–Trinajstić information content (AvgIpc) is 2.14. The van der Waals surface area contributed by atoms with Crippen molar-refractivity contribution in [3.8, 4) is 0 Å². The Labute approximate surface area is 54.7 Å². The Kier molecular flexibility index (Phi) is 1.74. The van der Waals surface area contributed by atoms with E-state index in [9.17, 15) is 0 Å². The van der Waals surface area contributed by atoms with Crippen molar-refractivity contribution in [2.24, 2.45) is 0 Å². The summed E-state index contributed by atoms with van der Waals surface area (Å²) in [5.74, 6) is 0. The monoisotopic (exact) mass is 124 g/mol. The highest BCUT2D eigenvalue weighted by atomic mass is 16.4. The van der Waals surface area contributed by atoms with Crippen molar-refractivity contribution < 1.29 is 10.0 Å². The zero-order valence-corrected chi connectivity index (χ0v) is 5.33. The van der Waals surface area contributed by atoms with Gasteiger partial charge in [-0.25, -0.2) is 0 Å². The van der Waals surface area contributed by atoms with Gasteiger partial charge in [0.1, 0.15) is 0 Å². The van der Waals surface area contributed by atoms with Crippen LogP contribution in [-0.2, 0) is 0 Å². The lowest BCUT2D eigenvalue weighted by Crippen LogP contribution is -2.12. The molecule has 9 heavy (non-hydrogen) atoms. The Morgan fingerprint density at radius 3 is 2.44 bits per heavy atom. The topological polar surface area (TPSA) is 40.5 Å². The molecule has 0 unspecified atom stereocenters. The average molecular weight is 124 g/mol. The molecule has 0 fully saturated rings. The van der Waals surface area contributed by atoms with Crippen molar-refractivity contribution in [3.63, 3.8) is 0 Å². The standard InChI is InChI=1S/C6H9BO2/c1-5-2-3-6(4-5)7(8)9/h3-4,8-9H,2H2,1H3. The Morgan fingerprint density at radius 2 is 2.22 bits per heavy atom. The lowest BCUT2D eigenvalue weighted by Gasteiger charge is -1.91. The maximum Gasteiger partial charge on any atom is 0.488 e. The van der Waals surface area contributed by atoms with Crippen LogP contribution in [0.2, 0.25) is 0 Å².